The molecule has 0 aromatic heterocycles. The van der Waals surface area contributed by atoms with Crippen molar-refractivity contribution in [3.63, 3.8) is 0 Å². The highest BCUT2D eigenvalue weighted by Crippen LogP contribution is 2.25. The van der Waals surface area contributed by atoms with Gasteiger partial charge in [-0.1, -0.05) is 68.4 Å². The molecule has 0 aliphatic rings. The molecule has 1 nitrogen and oxygen atoms in total. The van der Waals surface area contributed by atoms with E-state index in [4.69, 9.17) is 5.73 Å². The van der Waals surface area contributed by atoms with Gasteiger partial charge in [-0.05, 0) is 16.7 Å². The molecular formula is C16H19N. The first-order valence-corrected chi connectivity index (χ1v) is 5.99. The molecule has 0 amide bonds. The van der Waals surface area contributed by atoms with Crippen molar-refractivity contribution in [1.82, 2.24) is 0 Å². The van der Waals surface area contributed by atoms with Gasteiger partial charge in [0.25, 0.3) is 0 Å². The molecule has 0 heterocycles. The Morgan fingerprint density at radius 1 is 0.824 bits per heavy atom. The van der Waals surface area contributed by atoms with Gasteiger partial charge in [-0.3, -0.25) is 0 Å². The average molecular weight is 225 g/mol. The Hall–Kier alpha value is -1.60. The molecule has 0 saturated heterocycles. The van der Waals surface area contributed by atoms with Crippen LogP contribution in [0.1, 0.15) is 19.4 Å². The van der Waals surface area contributed by atoms with E-state index in [1.54, 1.807) is 0 Å². The Kier molecular flexibility index (Phi) is 3.30. The van der Waals surface area contributed by atoms with E-state index >= 15 is 0 Å². The van der Waals surface area contributed by atoms with Gasteiger partial charge in [-0.25, -0.2) is 0 Å². The van der Waals surface area contributed by atoms with E-state index in [1.165, 1.54) is 16.7 Å². The first-order valence-electron chi connectivity index (χ1n) is 5.99. The van der Waals surface area contributed by atoms with Crippen molar-refractivity contribution >= 4 is 0 Å². The average Bonchev–Trinajstić information content (AvgIpc) is 2.40. The van der Waals surface area contributed by atoms with Crippen LogP contribution in [0, 0.1) is 0 Å². The monoisotopic (exact) mass is 225 g/mol. The predicted octanol–water partition coefficient (Wildman–Crippen LogP) is 3.59. The van der Waals surface area contributed by atoms with Crippen LogP contribution < -0.4 is 5.73 Å². The number of hydrogen-bond donors (Lipinski definition) is 1. The lowest BCUT2D eigenvalue weighted by Crippen LogP contribution is -2.27. The molecule has 2 N–H and O–H groups in total. The third kappa shape index (κ3) is 2.56. The fraction of sp³-hybridized carbons (Fsp3) is 0.250. The summed E-state index contributed by atoms with van der Waals surface area (Å²) in [4.78, 5) is 0. The maximum absolute atomic E-state index is 5.79. The van der Waals surface area contributed by atoms with Crippen molar-refractivity contribution in [3.8, 4) is 11.1 Å². The van der Waals surface area contributed by atoms with Crippen molar-refractivity contribution in [2.45, 2.75) is 19.3 Å². The van der Waals surface area contributed by atoms with Crippen LogP contribution in [0.2, 0.25) is 0 Å². The lowest BCUT2D eigenvalue weighted by molar-refractivity contribution is 0.539. The maximum Gasteiger partial charge on any atom is 0.00190 e. The summed E-state index contributed by atoms with van der Waals surface area (Å²) in [6.07, 6.45) is 0. The topological polar surface area (TPSA) is 26.0 Å². The summed E-state index contributed by atoms with van der Waals surface area (Å²) < 4.78 is 0. The molecule has 2 aromatic carbocycles. The molecule has 0 aliphatic carbocycles. The van der Waals surface area contributed by atoms with Crippen LogP contribution in [0.3, 0.4) is 0 Å². The number of nitrogens with two attached hydrogens (primary N) is 1. The minimum atomic E-state index is 0.0508. The summed E-state index contributed by atoms with van der Waals surface area (Å²) in [6, 6.07) is 19.1. The zero-order valence-electron chi connectivity index (χ0n) is 10.5. The Labute approximate surface area is 103 Å². The van der Waals surface area contributed by atoms with Crippen LogP contribution in [-0.2, 0) is 5.41 Å². The normalized spacial score (nSPS) is 11.5. The van der Waals surface area contributed by atoms with Gasteiger partial charge in [0.15, 0.2) is 0 Å². The first kappa shape index (κ1) is 11.9. The molecule has 0 atom stereocenters. The van der Waals surface area contributed by atoms with Crippen LogP contribution >= 0.6 is 0 Å². The smallest absolute Gasteiger partial charge is 0.00190 e. The summed E-state index contributed by atoms with van der Waals surface area (Å²) in [5, 5.41) is 0. The Bertz CT molecular complexity index is 469. The fourth-order valence-electron chi connectivity index (χ4n) is 1.86. The molecule has 0 unspecified atom stereocenters. The zero-order chi connectivity index (χ0) is 12.3. The van der Waals surface area contributed by atoms with Gasteiger partial charge < -0.3 is 5.73 Å². The lowest BCUT2D eigenvalue weighted by Gasteiger charge is -2.23. The van der Waals surface area contributed by atoms with E-state index < -0.39 is 0 Å². The standard InChI is InChI=1S/C16H19N/c1-16(2,12-17)15-10-8-14(9-11-15)13-6-4-3-5-7-13/h3-11H,12,17H2,1-2H3. The van der Waals surface area contributed by atoms with E-state index in [1.807, 2.05) is 6.07 Å². The number of rotatable bonds is 3. The van der Waals surface area contributed by atoms with E-state index in [2.05, 4.69) is 62.4 Å². The van der Waals surface area contributed by atoms with Crippen LogP contribution in [0.5, 0.6) is 0 Å². The minimum absolute atomic E-state index is 0.0508. The van der Waals surface area contributed by atoms with Crippen LogP contribution in [-0.4, -0.2) is 6.54 Å². The minimum Gasteiger partial charge on any atom is -0.330 e. The van der Waals surface area contributed by atoms with Crippen molar-refractivity contribution in [2.24, 2.45) is 5.73 Å². The zero-order valence-corrected chi connectivity index (χ0v) is 10.5. The van der Waals surface area contributed by atoms with Gasteiger partial charge in [0.05, 0.1) is 0 Å². The molecule has 17 heavy (non-hydrogen) atoms. The van der Waals surface area contributed by atoms with Crippen molar-refractivity contribution in [2.75, 3.05) is 6.54 Å². The SMILES string of the molecule is CC(C)(CN)c1ccc(-c2ccccc2)cc1. The highest BCUT2D eigenvalue weighted by atomic mass is 14.6. The molecule has 0 saturated carbocycles. The molecule has 0 aliphatic heterocycles. The summed E-state index contributed by atoms with van der Waals surface area (Å²) in [7, 11) is 0. The van der Waals surface area contributed by atoms with Gasteiger partial charge in [-0.2, -0.15) is 0 Å². The van der Waals surface area contributed by atoms with Crippen molar-refractivity contribution < 1.29 is 0 Å². The highest BCUT2D eigenvalue weighted by Gasteiger charge is 2.17. The lowest BCUT2D eigenvalue weighted by atomic mass is 9.84. The number of hydrogen-bond acceptors (Lipinski definition) is 1. The predicted molar refractivity (Wildman–Crippen MR) is 74.0 cm³/mol. The molecular weight excluding hydrogens is 206 g/mol. The highest BCUT2D eigenvalue weighted by molar-refractivity contribution is 5.63. The molecule has 2 aromatic rings. The van der Waals surface area contributed by atoms with Gasteiger partial charge >= 0.3 is 0 Å². The summed E-state index contributed by atoms with van der Waals surface area (Å²) in [5.41, 5.74) is 9.64. The van der Waals surface area contributed by atoms with E-state index in [-0.39, 0.29) is 5.41 Å². The van der Waals surface area contributed by atoms with Gasteiger partial charge in [0.2, 0.25) is 0 Å². The van der Waals surface area contributed by atoms with Crippen LogP contribution in [0.25, 0.3) is 11.1 Å². The third-order valence-electron chi connectivity index (χ3n) is 3.28. The van der Waals surface area contributed by atoms with E-state index in [0.717, 1.165) is 0 Å². The van der Waals surface area contributed by atoms with E-state index in [9.17, 15) is 0 Å². The molecule has 0 spiro atoms. The third-order valence-corrected chi connectivity index (χ3v) is 3.28. The largest absolute Gasteiger partial charge is 0.330 e. The summed E-state index contributed by atoms with van der Waals surface area (Å²) in [6.45, 7) is 5.01. The van der Waals surface area contributed by atoms with Crippen LogP contribution in [0.15, 0.2) is 54.6 Å². The number of benzene rings is 2. The van der Waals surface area contributed by atoms with Gasteiger partial charge in [0.1, 0.15) is 0 Å². The molecule has 2 rings (SSSR count). The summed E-state index contributed by atoms with van der Waals surface area (Å²) >= 11 is 0. The molecule has 1 heteroatoms. The Morgan fingerprint density at radius 3 is 1.88 bits per heavy atom. The van der Waals surface area contributed by atoms with Crippen molar-refractivity contribution in [1.29, 1.82) is 0 Å². The molecule has 0 bridgehead atoms. The van der Waals surface area contributed by atoms with E-state index in [0.29, 0.717) is 6.54 Å². The van der Waals surface area contributed by atoms with Gasteiger partial charge in [-0.15, -0.1) is 0 Å². The fourth-order valence-corrected chi connectivity index (χ4v) is 1.86. The molecule has 88 valence electrons. The quantitative estimate of drug-likeness (QED) is 0.848. The Morgan fingerprint density at radius 2 is 1.35 bits per heavy atom. The summed E-state index contributed by atoms with van der Waals surface area (Å²) in [5.74, 6) is 0. The molecule has 0 fully saturated rings. The second kappa shape index (κ2) is 4.72. The van der Waals surface area contributed by atoms with Crippen LogP contribution in [0.4, 0.5) is 0 Å². The molecule has 0 radical (unpaired) electrons. The first-order chi connectivity index (χ1) is 8.13. The van der Waals surface area contributed by atoms with Crippen molar-refractivity contribution in [3.05, 3.63) is 60.2 Å². The Balaban J connectivity index is 2.31. The maximum atomic E-state index is 5.79. The van der Waals surface area contributed by atoms with Gasteiger partial charge in [0, 0.05) is 12.0 Å². The second-order valence-electron chi connectivity index (χ2n) is 5.03. The second-order valence-corrected chi connectivity index (χ2v) is 5.03.